The van der Waals surface area contributed by atoms with Gasteiger partial charge in [0.25, 0.3) is 0 Å². The summed E-state index contributed by atoms with van der Waals surface area (Å²) in [6.07, 6.45) is 1.10. The van der Waals surface area contributed by atoms with Gasteiger partial charge in [0.05, 0.1) is 6.54 Å². The largest absolute Gasteiger partial charge is 0.480 e. The summed E-state index contributed by atoms with van der Waals surface area (Å²) >= 11 is 0. The van der Waals surface area contributed by atoms with Crippen molar-refractivity contribution in [2.75, 3.05) is 19.7 Å². The molecule has 2 atom stereocenters. The van der Waals surface area contributed by atoms with Crippen molar-refractivity contribution in [2.45, 2.75) is 30.8 Å². The van der Waals surface area contributed by atoms with Gasteiger partial charge in [-0.2, -0.15) is 0 Å². The lowest BCUT2D eigenvalue weighted by Gasteiger charge is -2.35. The molecule has 2 aliphatic rings. The lowest BCUT2D eigenvalue weighted by molar-refractivity contribution is -0.153. The quantitative estimate of drug-likeness (QED) is 0.773. The fraction of sp³-hybridized carbons (Fsp3) is 0.364. The smallest absolute Gasteiger partial charge is 0.323 e. The first-order valence-electron chi connectivity index (χ1n) is 9.61. The molecule has 4 rings (SSSR count). The van der Waals surface area contributed by atoms with E-state index in [1.165, 1.54) is 11.1 Å². The number of hydrogen-bond acceptors (Lipinski definition) is 5. The Labute approximate surface area is 163 Å². The van der Waals surface area contributed by atoms with E-state index in [2.05, 4.69) is 24.3 Å². The minimum Gasteiger partial charge on any atom is -0.480 e. The maximum Gasteiger partial charge on any atom is 0.323 e. The van der Waals surface area contributed by atoms with Crippen LogP contribution in [0.4, 0.5) is 0 Å². The molecule has 2 aromatic carbocycles. The molecular weight excluding hydrogens is 356 g/mol. The Kier molecular flexibility index (Phi) is 5.15. The summed E-state index contributed by atoms with van der Waals surface area (Å²) in [7, 11) is 0. The first-order chi connectivity index (χ1) is 13.5. The SMILES string of the molecule is NC1CCN(CC(=O)O)C(C(=O)OCC2c3ccccc3-c3ccccc32)C1. The highest BCUT2D eigenvalue weighted by Crippen LogP contribution is 2.44. The van der Waals surface area contributed by atoms with E-state index in [9.17, 15) is 9.59 Å². The monoisotopic (exact) mass is 380 g/mol. The maximum absolute atomic E-state index is 12.8. The third-order valence-corrected chi connectivity index (χ3v) is 5.72. The third kappa shape index (κ3) is 3.53. The Balaban J connectivity index is 1.51. The third-order valence-electron chi connectivity index (χ3n) is 5.72. The lowest BCUT2D eigenvalue weighted by Crippen LogP contribution is -2.52. The molecule has 2 aromatic rings. The molecule has 0 spiro atoms. The molecule has 28 heavy (non-hydrogen) atoms. The van der Waals surface area contributed by atoms with Crippen molar-refractivity contribution in [3.8, 4) is 11.1 Å². The van der Waals surface area contributed by atoms with Gasteiger partial charge in [-0.3, -0.25) is 14.5 Å². The van der Waals surface area contributed by atoms with Gasteiger partial charge in [0.15, 0.2) is 0 Å². The molecule has 1 saturated heterocycles. The second-order valence-electron chi connectivity index (χ2n) is 7.52. The molecule has 6 heteroatoms. The molecular formula is C22H24N2O4. The van der Waals surface area contributed by atoms with Gasteiger partial charge >= 0.3 is 11.9 Å². The number of esters is 1. The summed E-state index contributed by atoms with van der Waals surface area (Å²) in [5, 5.41) is 9.13. The number of nitrogens with zero attached hydrogens (tertiary/aromatic N) is 1. The van der Waals surface area contributed by atoms with Crippen LogP contribution in [0.2, 0.25) is 0 Å². The van der Waals surface area contributed by atoms with Crippen LogP contribution in [0.15, 0.2) is 48.5 Å². The summed E-state index contributed by atoms with van der Waals surface area (Å²) < 4.78 is 5.71. The summed E-state index contributed by atoms with van der Waals surface area (Å²) in [5.41, 5.74) is 10.7. The fourth-order valence-corrected chi connectivity index (χ4v) is 4.35. The van der Waals surface area contributed by atoms with E-state index in [0.717, 1.165) is 11.1 Å². The van der Waals surface area contributed by atoms with Crippen molar-refractivity contribution < 1.29 is 19.4 Å². The van der Waals surface area contributed by atoms with Crippen molar-refractivity contribution in [3.63, 3.8) is 0 Å². The Hall–Kier alpha value is -2.70. The van der Waals surface area contributed by atoms with Gasteiger partial charge in [-0.25, -0.2) is 0 Å². The molecule has 1 aliphatic heterocycles. The summed E-state index contributed by atoms with van der Waals surface area (Å²) in [5.74, 6) is -1.35. The van der Waals surface area contributed by atoms with Gasteiger partial charge < -0.3 is 15.6 Å². The minimum atomic E-state index is -0.952. The van der Waals surface area contributed by atoms with Gasteiger partial charge in [0.1, 0.15) is 12.6 Å². The van der Waals surface area contributed by atoms with Crippen LogP contribution in [0.3, 0.4) is 0 Å². The number of nitrogens with two attached hydrogens (primary N) is 1. The molecule has 6 nitrogen and oxygen atoms in total. The van der Waals surface area contributed by atoms with Gasteiger partial charge in [-0.1, -0.05) is 48.5 Å². The number of likely N-dealkylation sites (tertiary alicyclic amines) is 1. The highest BCUT2D eigenvalue weighted by molar-refractivity contribution is 5.80. The number of carboxylic acids is 1. The minimum absolute atomic E-state index is 0.0125. The summed E-state index contributed by atoms with van der Waals surface area (Å²) in [6.45, 7) is 0.545. The first kappa shape index (κ1) is 18.7. The molecule has 0 radical (unpaired) electrons. The molecule has 146 valence electrons. The molecule has 1 heterocycles. The number of benzene rings is 2. The van der Waals surface area contributed by atoms with Crippen molar-refractivity contribution in [1.29, 1.82) is 0 Å². The van der Waals surface area contributed by atoms with E-state index in [4.69, 9.17) is 15.6 Å². The normalized spacial score (nSPS) is 21.8. The van der Waals surface area contributed by atoms with Crippen molar-refractivity contribution in [3.05, 3.63) is 59.7 Å². The van der Waals surface area contributed by atoms with Gasteiger partial charge in [0, 0.05) is 18.5 Å². The number of carbonyl (C=O) groups excluding carboxylic acids is 1. The second kappa shape index (κ2) is 7.73. The van der Waals surface area contributed by atoms with E-state index in [1.54, 1.807) is 4.90 Å². The molecule has 2 unspecified atom stereocenters. The van der Waals surface area contributed by atoms with Crippen molar-refractivity contribution in [2.24, 2.45) is 5.73 Å². The van der Waals surface area contributed by atoms with E-state index >= 15 is 0 Å². The Morgan fingerprint density at radius 1 is 1.07 bits per heavy atom. The van der Waals surface area contributed by atoms with Crippen LogP contribution >= 0.6 is 0 Å². The van der Waals surface area contributed by atoms with Gasteiger partial charge in [-0.15, -0.1) is 0 Å². The van der Waals surface area contributed by atoms with Crippen LogP contribution in [0.5, 0.6) is 0 Å². The number of carbonyl (C=O) groups is 2. The highest BCUT2D eigenvalue weighted by Gasteiger charge is 2.36. The van der Waals surface area contributed by atoms with Crippen molar-refractivity contribution in [1.82, 2.24) is 4.90 Å². The zero-order valence-electron chi connectivity index (χ0n) is 15.6. The number of aliphatic carboxylic acids is 1. The molecule has 1 fully saturated rings. The zero-order chi connectivity index (χ0) is 19.7. The van der Waals surface area contributed by atoms with Crippen LogP contribution < -0.4 is 5.73 Å². The predicted molar refractivity (Wildman–Crippen MR) is 105 cm³/mol. The fourth-order valence-electron chi connectivity index (χ4n) is 4.35. The van der Waals surface area contributed by atoms with E-state index < -0.39 is 18.0 Å². The number of ether oxygens (including phenoxy) is 1. The average Bonchev–Trinajstić information content (AvgIpc) is 3.01. The first-order valence-corrected chi connectivity index (χ1v) is 9.61. The maximum atomic E-state index is 12.8. The van der Waals surface area contributed by atoms with Gasteiger partial charge in [0.2, 0.25) is 0 Å². The lowest BCUT2D eigenvalue weighted by atomic mass is 9.97. The number of piperidine rings is 1. The predicted octanol–water partition coefficient (Wildman–Crippen LogP) is 2.22. The topological polar surface area (TPSA) is 92.9 Å². The van der Waals surface area contributed by atoms with Crippen LogP contribution in [0, 0.1) is 0 Å². The van der Waals surface area contributed by atoms with E-state index in [-0.39, 0.29) is 25.1 Å². The van der Waals surface area contributed by atoms with E-state index in [1.807, 2.05) is 24.3 Å². The number of fused-ring (bicyclic) bond motifs is 3. The van der Waals surface area contributed by atoms with Crippen molar-refractivity contribution >= 4 is 11.9 Å². The molecule has 0 amide bonds. The zero-order valence-corrected chi connectivity index (χ0v) is 15.6. The Morgan fingerprint density at radius 3 is 2.29 bits per heavy atom. The van der Waals surface area contributed by atoms with Crippen LogP contribution in [0.25, 0.3) is 11.1 Å². The highest BCUT2D eigenvalue weighted by atomic mass is 16.5. The van der Waals surface area contributed by atoms with Crippen LogP contribution in [-0.4, -0.2) is 53.7 Å². The van der Waals surface area contributed by atoms with Crippen LogP contribution in [0.1, 0.15) is 29.9 Å². The van der Waals surface area contributed by atoms with Crippen LogP contribution in [-0.2, 0) is 14.3 Å². The van der Waals surface area contributed by atoms with Gasteiger partial charge in [-0.05, 0) is 35.1 Å². The standard InChI is InChI=1S/C22H24N2O4/c23-14-9-10-24(12-21(25)26)20(11-14)22(27)28-13-19-17-7-3-1-5-15(17)16-6-2-4-8-18(16)19/h1-8,14,19-20H,9-13,23H2,(H,25,26). The number of hydrogen-bond donors (Lipinski definition) is 2. The molecule has 3 N–H and O–H groups in total. The molecule has 1 aliphatic carbocycles. The average molecular weight is 380 g/mol. The van der Waals surface area contributed by atoms with E-state index in [0.29, 0.717) is 19.4 Å². The second-order valence-corrected chi connectivity index (χ2v) is 7.52. The molecule has 0 bridgehead atoms. The molecule has 0 saturated carbocycles. The Bertz CT molecular complexity index is 852. The number of carboxylic acid groups (broad SMARTS) is 1. The Morgan fingerprint density at radius 2 is 1.68 bits per heavy atom. The summed E-state index contributed by atoms with van der Waals surface area (Å²) in [4.78, 5) is 25.6. The molecule has 0 aromatic heterocycles. The number of rotatable bonds is 5. The summed E-state index contributed by atoms with van der Waals surface area (Å²) in [6, 6.07) is 15.6.